The second-order valence-corrected chi connectivity index (χ2v) is 7.33. The summed E-state index contributed by atoms with van der Waals surface area (Å²) >= 11 is 0. The average Bonchev–Trinajstić information content (AvgIpc) is 2.99. The number of benzene rings is 1. The summed E-state index contributed by atoms with van der Waals surface area (Å²) < 4.78 is 0. The highest BCUT2D eigenvalue weighted by Crippen LogP contribution is 2.38. The zero-order valence-electron chi connectivity index (χ0n) is 13.7. The second-order valence-electron chi connectivity index (χ2n) is 7.33. The quantitative estimate of drug-likeness (QED) is 0.931. The fraction of sp³-hybridized carbons (Fsp3) is 0.579. The normalized spacial score (nSPS) is 31.1. The summed E-state index contributed by atoms with van der Waals surface area (Å²) in [6.45, 7) is 2.69. The van der Waals surface area contributed by atoms with Gasteiger partial charge in [-0.15, -0.1) is 0 Å². The zero-order valence-corrected chi connectivity index (χ0v) is 13.7. The monoisotopic (exact) mass is 315 g/mol. The number of likely N-dealkylation sites (tertiary alicyclic amines) is 1. The molecule has 1 atom stereocenters. The van der Waals surface area contributed by atoms with Gasteiger partial charge in [0.1, 0.15) is 0 Å². The van der Waals surface area contributed by atoms with Crippen molar-refractivity contribution >= 4 is 11.9 Å². The van der Waals surface area contributed by atoms with Crippen molar-refractivity contribution in [3.63, 3.8) is 0 Å². The Bertz CT molecular complexity index is 578. The lowest BCUT2D eigenvalue weighted by Crippen LogP contribution is -2.39. The van der Waals surface area contributed by atoms with Crippen LogP contribution >= 0.6 is 0 Å². The number of carboxylic acid groups (broad SMARTS) is 1. The van der Waals surface area contributed by atoms with E-state index < -0.39 is 11.4 Å². The van der Waals surface area contributed by atoms with Crippen LogP contribution in [-0.2, 0) is 9.59 Å². The minimum absolute atomic E-state index is 0.0751. The summed E-state index contributed by atoms with van der Waals surface area (Å²) in [5.74, 6) is 0.0105. The molecule has 2 aliphatic rings. The van der Waals surface area contributed by atoms with Crippen LogP contribution in [0.15, 0.2) is 30.3 Å². The van der Waals surface area contributed by atoms with E-state index in [9.17, 15) is 14.7 Å². The molecular formula is C19H25NO3. The average molecular weight is 315 g/mol. The van der Waals surface area contributed by atoms with Crippen molar-refractivity contribution in [1.29, 1.82) is 0 Å². The van der Waals surface area contributed by atoms with E-state index >= 15 is 0 Å². The van der Waals surface area contributed by atoms with Crippen molar-refractivity contribution in [3.05, 3.63) is 35.9 Å². The minimum Gasteiger partial charge on any atom is -0.481 e. The summed E-state index contributed by atoms with van der Waals surface area (Å²) in [5.41, 5.74) is 0.606. The third-order valence-corrected chi connectivity index (χ3v) is 5.65. The number of carbonyl (C=O) groups is 2. The molecule has 1 heterocycles. The van der Waals surface area contributed by atoms with Crippen molar-refractivity contribution in [2.45, 2.75) is 44.9 Å². The van der Waals surface area contributed by atoms with Crippen molar-refractivity contribution in [3.8, 4) is 0 Å². The summed E-state index contributed by atoms with van der Waals surface area (Å²) in [5, 5.41) is 9.31. The molecular weight excluding hydrogens is 290 g/mol. The number of rotatable bonds is 3. The smallest absolute Gasteiger partial charge is 0.311 e. The highest BCUT2D eigenvalue weighted by molar-refractivity contribution is 5.82. The van der Waals surface area contributed by atoms with Crippen LogP contribution in [0, 0.1) is 11.3 Å². The maximum absolute atomic E-state index is 12.7. The molecule has 0 radical (unpaired) electrons. The summed E-state index contributed by atoms with van der Waals surface area (Å²) in [6, 6.07) is 10.5. The largest absolute Gasteiger partial charge is 0.481 e. The van der Waals surface area contributed by atoms with Gasteiger partial charge < -0.3 is 10.0 Å². The fourth-order valence-electron chi connectivity index (χ4n) is 3.98. The van der Waals surface area contributed by atoms with Gasteiger partial charge in [-0.25, -0.2) is 0 Å². The van der Waals surface area contributed by atoms with Crippen LogP contribution in [-0.4, -0.2) is 35.0 Å². The van der Waals surface area contributed by atoms with E-state index in [1.807, 2.05) is 6.07 Å². The zero-order chi connectivity index (χ0) is 16.4. The summed E-state index contributed by atoms with van der Waals surface area (Å²) in [4.78, 5) is 25.8. The molecule has 0 bridgehead atoms. The number of nitrogens with zero attached hydrogens (tertiary/aromatic N) is 1. The lowest BCUT2D eigenvalue weighted by Gasteiger charge is -2.31. The molecule has 1 N–H and O–H groups in total. The van der Waals surface area contributed by atoms with E-state index in [4.69, 9.17) is 0 Å². The van der Waals surface area contributed by atoms with Crippen molar-refractivity contribution in [2.24, 2.45) is 11.3 Å². The molecule has 2 fully saturated rings. The SMILES string of the molecule is C[C@]1(C(=O)O)CCN(C(=O)C2CCC(c3ccccc3)CC2)C1. The molecule has 1 aromatic rings. The Morgan fingerprint density at radius 3 is 2.35 bits per heavy atom. The molecule has 4 heteroatoms. The Labute approximate surface area is 137 Å². The Morgan fingerprint density at radius 2 is 1.78 bits per heavy atom. The van der Waals surface area contributed by atoms with Crippen LogP contribution in [0.3, 0.4) is 0 Å². The van der Waals surface area contributed by atoms with Gasteiger partial charge in [0.2, 0.25) is 5.91 Å². The van der Waals surface area contributed by atoms with Gasteiger partial charge in [-0.1, -0.05) is 30.3 Å². The highest BCUT2D eigenvalue weighted by atomic mass is 16.4. The lowest BCUT2D eigenvalue weighted by atomic mass is 9.78. The molecule has 1 aliphatic carbocycles. The molecule has 1 saturated carbocycles. The number of hydrogen-bond acceptors (Lipinski definition) is 2. The number of aliphatic carboxylic acids is 1. The number of hydrogen-bond donors (Lipinski definition) is 1. The fourth-order valence-corrected chi connectivity index (χ4v) is 3.98. The predicted molar refractivity (Wildman–Crippen MR) is 88.1 cm³/mol. The first-order valence-electron chi connectivity index (χ1n) is 8.57. The van der Waals surface area contributed by atoms with E-state index in [-0.39, 0.29) is 11.8 Å². The maximum Gasteiger partial charge on any atom is 0.311 e. The van der Waals surface area contributed by atoms with Gasteiger partial charge in [0.05, 0.1) is 5.41 Å². The van der Waals surface area contributed by atoms with Crippen LogP contribution in [0.5, 0.6) is 0 Å². The van der Waals surface area contributed by atoms with E-state index in [1.54, 1.807) is 11.8 Å². The van der Waals surface area contributed by atoms with Gasteiger partial charge >= 0.3 is 5.97 Å². The predicted octanol–water partition coefficient (Wildman–Crippen LogP) is 3.28. The van der Waals surface area contributed by atoms with E-state index in [2.05, 4.69) is 24.3 Å². The van der Waals surface area contributed by atoms with Gasteiger partial charge in [0, 0.05) is 19.0 Å². The molecule has 0 aromatic heterocycles. The van der Waals surface area contributed by atoms with E-state index in [0.717, 1.165) is 25.7 Å². The topological polar surface area (TPSA) is 57.6 Å². The number of carbonyl (C=O) groups excluding carboxylic acids is 1. The van der Waals surface area contributed by atoms with Gasteiger partial charge in [-0.3, -0.25) is 9.59 Å². The first kappa shape index (κ1) is 16.0. The maximum atomic E-state index is 12.7. The first-order chi connectivity index (χ1) is 11.0. The molecule has 4 nitrogen and oxygen atoms in total. The van der Waals surface area contributed by atoms with Crippen LogP contribution in [0.25, 0.3) is 0 Å². The van der Waals surface area contributed by atoms with Crippen LogP contribution < -0.4 is 0 Å². The Hall–Kier alpha value is -1.84. The Kier molecular flexibility index (Phi) is 4.42. The van der Waals surface area contributed by atoms with Gasteiger partial charge in [0.15, 0.2) is 0 Å². The highest BCUT2D eigenvalue weighted by Gasteiger charge is 2.43. The van der Waals surface area contributed by atoms with Crippen molar-refractivity contribution in [1.82, 2.24) is 4.90 Å². The molecule has 1 amide bonds. The summed E-state index contributed by atoms with van der Waals surface area (Å²) in [7, 11) is 0. The van der Waals surface area contributed by atoms with Gasteiger partial charge in [-0.2, -0.15) is 0 Å². The van der Waals surface area contributed by atoms with E-state index in [0.29, 0.717) is 25.4 Å². The molecule has 1 saturated heterocycles. The molecule has 1 aromatic carbocycles. The van der Waals surface area contributed by atoms with Crippen LogP contribution in [0.2, 0.25) is 0 Å². The standard InChI is InChI=1S/C19H25NO3/c1-19(18(22)23)11-12-20(13-19)17(21)16-9-7-15(8-10-16)14-5-3-2-4-6-14/h2-6,15-16H,7-13H2,1H3,(H,22,23)/t15?,16?,19-/m0/s1. The Balaban J connectivity index is 1.56. The molecule has 0 unspecified atom stereocenters. The Morgan fingerprint density at radius 1 is 1.13 bits per heavy atom. The van der Waals surface area contributed by atoms with Crippen molar-refractivity contribution in [2.75, 3.05) is 13.1 Å². The van der Waals surface area contributed by atoms with Gasteiger partial charge in [-0.05, 0) is 50.5 Å². The first-order valence-corrected chi connectivity index (χ1v) is 8.57. The van der Waals surface area contributed by atoms with Crippen molar-refractivity contribution < 1.29 is 14.7 Å². The van der Waals surface area contributed by atoms with Crippen LogP contribution in [0.4, 0.5) is 0 Å². The lowest BCUT2D eigenvalue weighted by molar-refractivity contribution is -0.147. The third-order valence-electron chi connectivity index (χ3n) is 5.65. The third kappa shape index (κ3) is 3.26. The molecule has 3 rings (SSSR count). The number of amides is 1. The minimum atomic E-state index is -0.791. The summed E-state index contributed by atoms with van der Waals surface area (Å²) in [6.07, 6.45) is 4.49. The second kappa shape index (κ2) is 6.34. The van der Waals surface area contributed by atoms with Gasteiger partial charge in [0.25, 0.3) is 0 Å². The molecule has 124 valence electrons. The molecule has 0 spiro atoms. The van der Waals surface area contributed by atoms with Crippen LogP contribution in [0.1, 0.15) is 50.5 Å². The number of carboxylic acids is 1. The molecule has 23 heavy (non-hydrogen) atoms. The molecule has 1 aliphatic heterocycles. The van der Waals surface area contributed by atoms with E-state index in [1.165, 1.54) is 5.56 Å².